The lowest BCUT2D eigenvalue weighted by Gasteiger charge is -2.06. The van der Waals surface area contributed by atoms with Gasteiger partial charge in [0.15, 0.2) is 0 Å². The van der Waals surface area contributed by atoms with E-state index >= 15 is 0 Å². The number of hydrogen-bond acceptors (Lipinski definition) is 3. The van der Waals surface area contributed by atoms with Gasteiger partial charge in [0.2, 0.25) is 5.76 Å². The first kappa shape index (κ1) is 18.0. The molecule has 3 aromatic rings. The van der Waals surface area contributed by atoms with Gasteiger partial charge in [-0.3, -0.25) is 10.1 Å². The van der Waals surface area contributed by atoms with Crippen LogP contribution in [0.15, 0.2) is 59.0 Å². The largest absolute Gasteiger partial charge is 0.451 e. The van der Waals surface area contributed by atoms with Crippen LogP contribution in [0.5, 0.6) is 0 Å². The molecule has 0 atom stereocenters. The molecule has 1 aromatic heterocycles. The van der Waals surface area contributed by atoms with Crippen LogP contribution in [0.4, 0.5) is 18.9 Å². The highest BCUT2D eigenvalue weighted by Crippen LogP contribution is 2.38. The third-order valence-electron chi connectivity index (χ3n) is 3.71. The maximum absolute atomic E-state index is 13.3. The van der Waals surface area contributed by atoms with E-state index in [1.54, 1.807) is 24.3 Å². The highest BCUT2D eigenvalue weighted by molar-refractivity contribution is 6.30. The standard InChI is InChI=1S/C18H11ClF3NO3/c19-14-6-4-12(5-7-14)16-10-13(17(26-16)18(20,21)22)8-11-2-1-3-15(9-11)23(24)25/h1-7,9-10H,8H2. The zero-order chi connectivity index (χ0) is 18.9. The molecule has 0 amide bonds. The van der Waals surface area contributed by atoms with Gasteiger partial charge in [0, 0.05) is 34.7 Å². The number of hydrogen-bond donors (Lipinski definition) is 0. The Morgan fingerprint density at radius 3 is 2.38 bits per heavy atom. The van der Waals surface area contributed by atoms with Crippen molar-refractivity contribution in [3.63, 3.8) is 0 Å². The van der Waals surface area contributed by atoms with Crippen LogP contribution in [0.3, 0.4) is 0 Å². The number of benzene rings is 2. The Bertz CT molecular complexity index is 949. The van der Waals surface area contributed by atoms with E-state index in [1.165, 1.54) is 30.3 Å². The predicted molar refractivity (Wildman–Crippen MR) is 90.1 cm³/mol. The van der Waals surface area contributed by atoms with Gasteiger partial charge >= 0.3 is 6.18 Å². The highest BCUT2D eigenvalue weighted by atomic mass is 35.5. The molecule has 4 nitrogen and oxygen atoms in total. The number of rotatable bonds is 4. The Hall–Kier alpha value is -2.80. The summed E-state index contributed by atoms with van der Waals surface area (Å²) in [5.74, 6) is -1.07. The summed E-state index contributed by atoms with van der Waals surface area (Å²) >= 11 is 5.79. The number of nitrogens with zero attached hydrogens (tertiary/aromatic N) is 1. The molecule has 0 N–H and O–H groups in total. The van der Waals surface area contributed by atoms with Crippen molar-refractivity contribution in [2.24, 2.45) is 0 Å². The molecule has 0 bridgehead atoms. The smallest absolute Gasteiger partial charge is 0.449 e. The van der Waals surface area contributed by atoms with E-state index in [4.69, 9.17) is 16.0 Å². The molecular formula is C18H11ClF3NO3. The molecule has 0 saturated heterocycles. The quantitative estimate of drug-likeness (QED) is 0.404. The van der Waals surface area contributed by atoms with E-state index in [-0.39, 0.29) is 23.4 Å². The van der Waals surface area contributed by atoms with Crippen molar-refractivity contribution in [1.29, 1.82) is 0 Å². The molecule has 8 heteroatoms. The van der Waals surface area contributed by atoms with Crippen molar-refractivity contribution in [1.82, 2.24) is 0 Å². The molecule has 0 saturated carbocycles. The summed E-state index contributed by atoms with van der Waals surface area (Å²) in [6.45, 7) is 0. The number of nitro groups is 1. The molecule has 0 radical (unpaired) electrons. The third kappa shape index (κ3) is 3.88. The minimum atomic E-state index is -4.68. The first-order chi connectivity index (χ1) is 12.2. The van der Waals surface area contributed by atoms with E-state index in [0.717, 1.165) is 0 Å². The molecule has 0 aliphatic carbocycles. The number of furan rings is 1. The van der Waals surface area contributed by atoms with Crippen molar-refractivity contribution in [2.75, 3.05) is 0 Å². The SMILES string of the molecule is O=[N+]([O-])c1cccc(Cc2cc(-c3ccc(Cl)cc3)oc2C(F)(F)F)c1. The fourth-order valence-electron chi connectivity index (χ4n) is 2.56. The third-order valence-corrected chi connectivity index (χ3v) is 3.96. The average molecular weight is 382 g/mol. The second kappa shape index (κ2) is 6.84. The topological polar surface area (TPSA) is 56.3 Å². The number of nitro benzene ring substituents is 1. The zero-order valence-electron chi connectivity index (χ0n) is 13.1. The fraction of sp³-hybridized carbons (Fsp3) is 0.111. The van der Waals surface area contributed by atoms with Gasteiger partial charge in [-0.05, 0) is 35.9 Å². The van der Waals surface area contributed by atoms with Crippen LogP contribution in [0.1, 0.15) is 16.9 Å². The molecule has 134 valence electrons. The van der Waals surface area contributed by atoms with Gasteiger partial charge < -0.3 is 4.42 Å². The lowest BCUT2D eigenvalue weighted by atomic mass is 10.0. The van der Waals surface area contributed by atoms with Crippen LogP contribution in [-0.4, -0.2) is 4.92 Å². The van der Waals surface area contributed by atoms with Crippen molar-refractivity contribution in [3.8, 4) is 11.3 Å². The number of halogens is 4. The Morgan fingerprint density at radius 1 is 1.08 bits per heavy atom. The second-order valence-electron chi connectivity index (χ2n) is 5.57. The van der Waals surface area contributed by atoms with Crippen LogP contribution in [0.2, 0.25) is 5.02 Å². The number of non-ortho nitro benzene ring substituents is 1. The van der Waals surface area contributed by atoms with Crippen molar-refractivity contribution >= 4 is 17.3 Å². The van der Waals surface area contributed by atoms with Gasteiger partial charge in [-0.15, -0.1) is 0 Å². The summed E-state index contributed by atoms with van der Waals surface area (Å²) in [7, 11) is 0. The van der Waals surface area contributed by atoms with Crippen molar-refractivity contribution in [2.45, 2.75) is 12.6 Å². The van der Waals surface area contributed by atoms with Gasteiger partial charge in [-0.25, -0.2) is 0 Å². The van der Waals surface area contributed by atoms with Gasteiger partial charge in [0.25, 0.3) is 5.69 Å². The maximum Gasteiger partial charge on any atom is 0.449 e. The zero-order valence-corrected chi connectivity index (χ0v) is 13.8. The lowest BCUT2D eigenvalue weighted by Crippen LogP contribution is -2.07. The molecule has 2 aromatic carbocycles. The van der Waals surface area contributed by atoms with E-state index in [0.29, 0.717) is 16.1 Å². The number of alkyl halides is 3. The first-order valence-corrected chi connectivity index (χ1v) is 7.81. The normalized spacial score (nSPS) is 11.5. The summed E-state index contributed by atoms with van der Waals surface area (Å²) < 4.78 is 45.0. The molecule has 26 heavy (non-hydrogen) atoms. The summed E-state index contributed by atoms with van der Waals surface area (Å²) in [5, 5.41) is 11.3. The Labute approximate surface area is 151 Å². The molecule has 0 aliphatic rings. The molecular weight excluding hydrogens is 371 g/mol. The van der Waals surface area contributed by atoms with Gasteiger partial charge in [0.1, 0.15) is 5.76 Å². The van der Waals surface area contributed by atoms with E-state index in [2.05, 4.69) is 0 Å². The summed E-state index contributed by atoms with van der Waals surface area (Å²) in [5.41, 5.74) is 0.554. The fourth-order valence-corrected chi connectivity index (χ4v) is 2.68. The minimum absolute atomic E-state index is 0.0504. The van der Waals surface area contributed by atoms with Crippen LogP contribution in [-0.2, 0) is 12.6 Å². The molecule has 0 aliphatic heterocycles. The second-order valence-corrected chi connectivity index (χ2v) is 6.01. The lowest BCUT2D eigenvalue weighted by molar-refractivity contribution is -0.384. The monoisotopic (exact) mass is 381 g/mol. The van der Waals surface area contributed by atoms with E-state index < -0.39 is 16.9 Å². The Balaban J connectivity index is 2.01. The average Bonchev–Trinajstić information content (AvgIpc) is 3.00. The summed E-state index contributed by atoms with van der Waals surface area (Å²) in [4.78, 5) is 10.3. The van der Waals surface area contributed by atoms with Crippen LogP contribution in [0, 0.1) is 10.1 Å². The van der Waals surface area contributed by atoms with Crippen LogP contribution < -0.4 is 0 Å². The van der Waals surface area contributed by atoms with Crippen LogP contribution >= 0.6 is 11.6 Å². The molecule has 0 unspecified atom stereocenters. The van der Waals surface area contributed by atoms with Crippen molar-refractivity contribution < 1.29 is 22.5 Å². The Morgan fingerprint density at radius 2 is 1.77 bits per heavy atom. The molecule has 3 rings (SSSR count). The summed E-state index contributed by atoms with van der Waals surface area (Å²) in [6.07, 6.45) is -4.83. The van der Waals surface area contributed by atoms with E-state index in [1.807, 2.05) is 0 Å². The predicted octanol–water partition coefficient (Wildman–Crippen LogP) is 6.12. The first-order valence-electron chi connectivity index (χ1n) is 7.43. The van der Waals surface area contributed by atoms with Crippen molar-refractivity contribution in [3.05, 3.63) is 86.6 Å². The van der Waals surface area contributed by atoms with Gasteiger partial charge in [0.05, 0.1) is 4.92 Å². The van der Waals surface area contributed by atoms with Gasteiger partial charge in [-0.1, -0.05) is 23.7 Å². The highest BCUT2D eigenvalue weighted by Gasteiger charge is 2.38. The molecule has 0 fully saturated rings. The minimum Gasteiger partial charge on any atom is -0.451 e. The molecule has 1 heterocycles. The summed E-state index contributed by atoms with van der Waals surface area (Å²) in [6, 6.07) is 13.0. The Kier molecular flexibility index (Phi) is 4.73. The van der Waals surface area contributed by atoms with Crippen LogP contribution in [0.25, 0.3) is 11.3 Å². The molecule has 0 spiro atoms. The van der Waals surface area contributed by atoms with Gasteiger partial charge in [-0.2, -0.15) is 13.2 Å². The maximum atomic E-state index is 13.3. The van der Waals surface area contributed by atoms with E-state index in [9.17, 15) is 23.3 Å².